The molecule has 204 valence electrons. The van der Waals surface area contributed by atoms with E-state index < -0.39 is 77.7 Å². The zero-order valence-electron chi connectivity index (χ0n) is 18.4. The van der Waals surface area contributed by atoms with Crippen LogP contribution >= 0.6 is 23.2 Å². The van der Waals surface area contributed by atoms with Gasteiger partial charge < -0.3 is 15.3 Å². The summed E-state index contributed by atoms with van der Waals surface area (Å²) in [6.07, 6.45) is -8.05. The Morgan fingerprint density at radius 1 is 1.11 bits per heavy atom. The molecule has 2 N–H and O–H groups in total. The number of carbonyl (C=O) groups is 2. The second-order valence-corrected chi connectivity index (χ2v) is 10.3. The third-order valence-corrected chi connectivity index (χ3v) is 6.58. The molecule has 0 aliphatic carbocycles. The summed E-state index contributed by atoms with van der Waals surface area (Å²) < 4.78 is 105. The summed E-state index contributed by atoms with van der Waals surface area (Å²) in [5.74, 6) is -3.68. The van der Waals surface area contributed by atoms with Gasteiger partial charge in [0.05, 0.1) is 28.0 Å². The summed E-state index contributed by atoms with van der Waals surface area (Å²) in [5.41, 5.74) is -9.11. The van der Waals surface area contributed by atoms with E-state index in [2.05, 4.69) is 9.97 Å². The second-order valence-electron chi connectivity index (χ2n) is 7.52. The van der Waals surface area contributed by atoms with E-state index in [4.69, 9.17) is 23.2 Å². The van der Waals surface area contributed by atoms with Crippen molar-refractivity contribution in [1.82, 2.24) is 15.3 Å². The van der Waals surface area contributed by atoms with Gasteiger partial charge in [-0.15, -0.1) is 0 Å². The van der Waals surface area contributed by atoms with Crippen LogP contribution in [0, 0.1) is 0 Å². The maximum atomic E-state index is 14.1. The predicted octanol–water partition coefficient (Wildman–Crippen LogP) is 4.15. The lowest BCUT2D eigenvalue weighted by molar-refractivity contribution is -0.138. The van der Waals surface area contributed by atoms with Crippen LogP contribution < -0.4 is 10.2 Å². The fraction of sp³-hybridized carbons (Fsp3) is 0.200. The van der Waals surface area contributed by atoms with Gasteiger partial charge in [0.25, 0.3) is 5.91 Å². The quantitative estimate of drug-likeness (QED) is 0.225. The van der Waals surface area contributed by atoms with Crippen LogP contribution in [0.25, 0.3) is 0 Å². The molecule has 38 heavy (non-hydrogen) atoms. The van der Waals surface area contributed by atoms with Gasteiger partial charge in [0.1, 0.15) is 10.7 Å². The Labute approximate surface area is 219 Å². The molecule has 3 heterocycles. The number of nitrogens with one attached hydrogen (secondary N) is 1. The number of amides is 1. The number of carbonyl (C=O) groups excluding carboxylic acids is 1. The molecule has 0 bridgehead atoms. The number of alkyl halides is 7. The third kappa shape index (κ3) is 6.02. The summed E-state index contributed by atoms with van der Waals surface area (Å²) >= 11 is 11.8. The first-order valence-corrected chi connectivity index (χ1v) is 12.4. The molecule has 1 unspecified atom stereocenters. The Kier molecular flexibility index (Phi) is 7.74. The van der Waals surface area contributed by atoms with Gasteiger partial charge in [0.2, 0.25) is 0 Å². The van der Waals surface area contributed by atoms with Crippen LogP contribution in [-0.4, -0.2) is 53.3 Å². The average Bonchev–Trinajstić information content (AvgIpc) is 2.77. The van der Waals surface area contributed by atoms with Gasteiger partial charge in [-0.05, 0) is 18.2 Å². The molecular formula is C20H12Cl2F6N4O5S. The van der Waals surface area contributed by atoms with Gasteiger partial charge in [-0.3, -0.25) is 4.79 Å². The first-order valence-electron chi connectivity index (χ1n) is 9.72. The number of allylic oxidation sites excluding steroid dienone is 1. The van der Waals surface area contributed by atoms with Gasteiger partial charge in [0.15, 0.2) is 14.9 Å². The van der Waals surface area contributed by atoms with Crippen molar-refractivity contribution < 1.29 is 49.5 Å². The van der Waals surface area contributed by atoms with E-state index in [1.165, 1.54) is 0 Å². The molecule has 1 aliphatic rings. The molecular weight excluding hydrogens is 593 g/mol. The van der Waals surface area contributed by atoms with Crippen LogP contribution in [0.4, 0.5) is 32.0 Å². The van der Waals surface area contributed by atoms with Crippen LogP contribution in [-0.2, 0) is 20.8 Å². The van der Waals surface area contributed by atoms with Crippen molar-refractivity contribution in [3.63, 3.8) is 0 Å². The van der Waals surface area contributed by atoms with Crippen LogP contribution in [0.3, 0.4) is 0 Å². The van der Waals surface area contributed by atoms with E-state index in [1.807, 2.05) is 0 Å². The smallest absolute Gasteiger partial charge is 0.419 e. The van der Waals surface area contributed by atoms with Crippen LogP contribution in [0.1, 0.15) is 15.9 Å². The van der Waals surface area contributed by atoms with E-state index in [-0.39, 0.29) is 18.0 Å². The van der Waals surface area contributed by atoms with Gasteiger partial charge in [-0.25, -0.2) is 23.2 Å². The number of aliphatic carboxylic acids is 1. The molecule has 0 aromatic carbocycles. The highest BCUT2D eigenvalue weighted by Crippen LogP contribution is 2.40. The fourth-order valence-corrected chi connectivity index (χ4v) is 4.29. The minimum Gasteiger partial charge on any atom is -0.478 e. The van der Waals surface area contributed by atoms with E-state index >= 15 is 0 Å². The fourth-order valence-electron chi connectivity index (χ4n) is 3.14. The molecule has 3 rings (SSSR count). The van der Waals surface area contributed by atoms with E-state index in [9.17, 15) is 49.5 Å². The molecule has 2 aromatic rings. The molecule has 1 atom stereocenters. The van der Waals surface area contributed by atoms with Crippen LogP contribution in [0.2, 0.25) is 5.15 Å². The Balaban J connectivity index is 2.17. The van der Waals surface area contributed by atoms with Gasteiger partial charge >= 0.3 is 18.3 Å². The summed E-state index contributed by atoms with van der Waals surface area (Å²) in [6.45, 7) is 0. The number of carboxylic acid groups (broad SMARTS) is 1. The van der Waals surface area contributed by atoms with Crippen LogP contribution in [0.5, 0.6) is 0 Å². The standard InChI is InChI=1S/C20H12Cl2F6N4O5S/c1-38(36,37)12-5-9(2-3-29-12)32-7-11(20(26,27)28)14(13(16(32)22)18(34)35)31-17(33)10-4-8(19(23,24)25)6-30-15(10)21/h2-7,16H,1H3,(H,31,33)(H,34,35). The third-order valence-electron chi connectivity index (χ3n) is 4.87. The maximum Gasteiger partial charge on any atom is 0.419 e. The number of carboxylic acids is 1. The number of hydrogen-bond acceptors (Lipinski definition) is 7. The highest BCUT2D eigenvalue weighted by atomic mass is 35.5. The second kappa shape index (κ2) is 10.1. The molecule has 18 heteroatoms. The monoisotopic (exact) mass is 604 g/mol. The lowest BCUT2D eigenvalue weighted by Crippen LogP contribution is -2.42. The van der Waals surface area contributed by atoms with Gasteiger partial charge in [-0.2, -0.15) is 26.3 Å². The van der Waals surface area contributed by atoms with E-state index in [0.29, 0.717) is 11.1 Å². The molecule has 0 saturated heterocycles. The van der Waals surface area contributed by atoms with Crippen molar-refractivity contribution in [2.45, 2.75) is 22.9 Å². The first-order chi connectivity index (χ1) is 17.3. The first kappa shape index (κ1) is 29.2. The Hall–Kier alpha value is -3.37. The lowest BCUT2D eigenvalue weighted by atomic mass is 10.0. The normalized spacial score (nSPS) is 16.8. The largest absolute Gasteiger partial charge is 0.478 e. The maximum absolute atomic E-state index is 14.1. The number of sulfone groups is 1. The number of nitrogens with zero attached hydrogens (tertiary/aromatic N) is 3. The number of aromatic nitrogens is 2. The highest BCUT2D eigenvalue weighted by Gasteiger charge is 2.45. The number of pyridine rings is 2. The molecule has 0 fully saturated rings. The molecule has 1 amide bonds. The number of hydrogen-bond donors (Lipinski definition) is 2. The van der Waals surface area contributed by atoms with Crippen molar-refractivity contribution in [3.05, 3.63) is 69.9 Å². The number of halogens is 8. The number of anilines is 1. The predicted molar refractivity (Wildman–Crippen MR) is 120 cm³/mol. The molecule has 0 saturated carbocycles. The molecule has 9 nitrogen and oxygen atoms in total. The number of rotatable bonds is 5. The van der Waals surface area contributed by atoms with Crippen molar-refractivity contribution in [2.24, 2.45) is 0 Å². The van der Waals surface area contributed by atoms with Crippen molar-refractivity contribution in [2.75, 3.05) is 11.2 Å². The zero-order chi connectivity index (χ0) is 28.8. The Morgan fingerprint density at radius 2 is 1.74 bits per heavy atom. The summed E-state index contributed by atoms with van der Waals surface area (Å²) in [7, 11) is -3.94. The topological polar surface area (TPSA) is 130 Å². The van der Waals surface area contributed by atoms with E-state index in [1.54, 1.807) is 5.32 Å². The molecule has 0 radical (unpaired) electrons. The Morgan fingerprint density at radius 3 is 2.26 bits per heavy atom. The minimum absolute atomic E-state index is 0.222. The lowest BCUT2D eigenvalue weighted by Gasteiger charge is -2.34. The highest BCUT2D eigenvalue weighted by molar-refractivity contribution is 7.90. The summed E-state index contributed by atoms with van der Waals surface area (Å²) in [6, 6.07) is 2.11. The zero-order valence-corrected chi connectivity index (χ0v) is 20.7. The van der Waals surface area contributed by atoms with E-state index in [0.717, 1.165) is 24.6 Å². The molecule has 1 aliphatic heterocycles. The van der Waals surface area contributed by atoms with Crippen molar-refractivity contribution in [1.29, 1.82) is 0 Å². The van der Waals surface area contributed by atoms with Gasteiger partial charge in [0, 0.05) is 30.5 Å². The average molecular weight is 605 g/mol. The molecule has 0 spiro atoms. The minimum atomic E-state index is -5.35. The summed E-state index contributed by atoms with van der Waals surface area (Å²) in [4.78, 5) is 32.1. The van der Waals surface area contributed by atoms with Crippen molar-refractivity contribution in [3.8, 4) is 0 Å². The summed E-state index contributed by atoms with van der Waals surface area (Å²) in [5, 5.41) is 9.96. The Bertz CT molecular complexity index is 1490. The van der Waals surface area contributed by atoms with Gasteiger partial charge in [-0.1, -0.05) is 23.2 Å². The molecule has 2 aromatic heterocycles. The van der Waals surface area contributed by atoms with Crippen molar-refractivity contribution >= 4 is 50.6 Å². The van der Waals surface area contributed by atoms with Crippen LogP contribution in [0.15, 0.2) is 58.7 Å². The SMILES string of the molecule is CS(=O)(=O)c1cc(N2C=C(C(F)(F)F)C(NC(=O)c3cc(C(F)(F)F)cnc3Cl)=C(C(=O)O)C2Cl)ccn1.